The Morgan fingerprint density at radius 1 is 1.14 bits per heavy atom. The number of aryl methyl sites for hydroxylation is 3. The normalized spacial score (nSPS) is 22.1. The summed E-state index contributed by atoms with van der Waals surface area (Å²) in [6.45, 7) is 4.92. The number of hydrogen-bond acceptors (Lipinski definition) is 2. The highest BCUT2D eigenvalue weighted by Gasteiger charge is 2.18. The van der Waals surface area contributed by atoms with Crippen molar-refractivity contribution < 1.29 is 0 Å². The zero-order chi connectivity index (χ0) is 15.7. The molecule has 1 aliphatic carbocycles. The summed E-state index contributed by atoms with van der Waals surface area (Å²) in [7, 11) is 0. The lowest BCUT2D eigenvalue weighted by molar-refractivity contribution is 0.299. The molecule has 1 aromatic carbocycles. The molecule has 0 radical (unpaired) electrons. The Balaban J connectivity index is 1.87. The van der Waals surface area contributed by atoms with Gasteiger partial charge in [0, 0.05) is 24.0 Å². The van der Waals surface area contributed by atoms with Gasteiger partial charge in [-0.15, -0.1) is 0 Å². The summed E-state index contributed by atoms with van der Waals surface area (Å²) >= 11 is 0. The Morgan fingerprint density at radius 2 is 1.86 bits per heavy atom. The fourth-order valence-corrected chi connectivity index (χ4v) is 3.68. The SMILES string of the molecule is Cc1ccc2c(C)cc(=O)n(CCC3CCC(N)CC3)c2c1. The molecule has 1 saturated carbocycles. The van der Waals surface area contributed by atoms with E-state index in [1.165, 1.54) is 23.8 Å². The van der Waals surface area contributed by atoms with Crippen molar-refractivity contribution in [1.29, 1.82) is 0 Å². The average molecular weight is 298 g/mol. The summed E-state index contributed by atoms with van der Waals surface area (Å²) in [6, 6.07) is 8.55. The molecular formula is C19H26N2O. The van der Waals surface area contributed by atoms with E-state index in [1.807, 2.05) is 11.5 Å². The van der Waals surface area contributed by atoms with Crippen LogP contribution in [0.1, 0.15) is 43.2 Å². The van der Waals surface area contributed by atoms with Gasteiger partial charge in [-0.1, -0.05) is 12.1 Å². The summed E-state index contributed by atoms with van der Waals surface area (Å²) in [4.78, 5) is 12.4. The molecule has 0 aliphatic heterocycles. The molecular weight excluding hydrogens is 272 g/mol. The molecule has 0 unspecified atom stereocenters. The van der Waals surface area contributed by atoms with Gasteiger partial charge in [-0.05, 0) is 69.1 Å². The Labute approximate surface area is 132 Å². The molecule has 1 fully saturated rings. The molecule has 22 heavy (non-hydrogen) atoms. The van der Waals surface area contributed by atoms with Crippen LogP contribution in [0.2, 0.25) is 0 Å². The van der Waals surface area contributed by atoms with Crippen LogP contribution in [-0.4, -0.2) is 10.6 Å². The highest BCUT2D eigenvalue weighted by atomic mass is 16.1. The van der Waals surface area contributed by atoms with Crippen molar-refractivity contribution in [3.63, 3.8) is 0 Å². The molecule has 1 heterocycles. The van der Waals surface area contributed by atoms with E-state index in [0.717, 1.165) is 36.9 Å². The van der Waals surface area contributed by atoms with Crippen LogP contribution in [0.4, 0.5) is 0 Å². The van der Waals surface area contributed by atoms with E-state index in [2.05, 4.69) is 25.1 Å². The second kappa shape index (κ2) is 6.25. The van der Waals surface area contributed by atoms with Crippen molar-refractivity contribution in [2.75, 3.05) is 0 Å². The zero-order valence-electron chi connectivity index (χ0n) is 13.6. The van der Waals surface area contributed by atoms with E-state index in [0.29, 0.717) is 12.0 Å². The van der Waals surface area contributed by atoms with Gasteiger partial charge in [-0.3, -0.25) is 4.79 Å². The maximum absolute atomic E-state index is 12.4. The Kier molecular flexibility index (Phi) is 4.34. The minimum Gasteiger partial charge on any atom is -0.328 e. The Hall–Kier alpha value is -1.61. The summed E-state index contributed by atoms with van der Waals surface area (Å²) in [5.74, 6) is 0.716. The molecule has 1 aliphatic rings. The monoisotopic (exact) mass is 298 g/mol. The fourth-order valence-electron chi connectivity index (χ4n) is 3.68. The molecule has 0 bridgehead atoms. The van der Waals surface area contributed by atoms with Gasteiger partial charge in [0.05, 0.1) is 5.52 Å². The van der Waals surface area contributed by atoms with Crippen molar-refractivity contribution in [3.05, 3.63) is 45.7 Å². The molecule has 3 rings (SSSR count). The lowest BCUT2D eigenvalue weighted by Crippen LogP contribution is -2.28. The molecule has 118 valence electrons. The minimum absolute atomic E-state index is 0.128. The van der Waals surface area contributed by atoms with Crippen molar-refractivity contribution >= 4 is 10.9 Å². The lowest BCUT2D eigenvalue weighted by atomic mass is 9.84. The van der Waals surface area contributed by atoms with Crippen LogP contribution in [0.5, 0.6) is 0 Å². The fraction of sp³-hybridized carbons (Fsp3) is 0.526. The third-order valence-corrected chi connectivity index (χ3v) is 5.13. The smallest absolute Gasteiger partial charge is 0.251 e. The van der Waals surface area contributed by atoms with Crippen LogP contribution in [0.25, 0.3) is 10.9 Å². The minimum atomic E-state index is 0.128. The molecule has 0 saturated heterocycles. The van der Waals surface area contributed by atoms with Crippen LogP contribution in [0.15, 0.2) is 29.1 Å². The average Bonchev–Trinajstić information content (AvgIpc) is 2.48. The molecule has 0 amide bonds. The molecule has 2 aromatic rings. The number of nitrogens with two attached hydrogens (primary N) is 1. The number of hydrogen-bond donors (Lipinski definition) is 1. The summed E-state index contributed by atoms with van der Waals surface area (Å²) < 4.78 is 1.96. The first-order valence-electron chi connectivity index (χ1n) is 8.41. The van der Waals surface area contributed by atoms with Gasteiger partial charge in [-0.2, -0.15) is 0 Å². The number of benzene rings is 1. The number of fused-ring (bicyclic) bond motifs is 1. The van der Waals surface area contributed by atoms with Crippen molar-refractivity contribution in [3.8, 4) is 0 Å². The first-order chi connectivity index (χ1) is 10.5. The predicted octanol–water partition coefficient (Wildman–Crippen LogP) is 3.53. The number of nitrogens with zero attached hydrogens (tertiary/aromatic N) is 1. The van der Waals surface area contributed by atoms with Crippen LogP contribution >= 0.6 is 0 Å². The quantitative estimate of drug-likeness (QED) is 0.942. The van der Waals surface area contributed by atoms with E-state index in [-0.39, 0.29) is 5.56 Å². The van der Waals surface area contributed by atoms with Crippen molar-refractivity contribution in [2.24, 2.45) is 11.7 Å². The zero-order valence-corrected chi connectivity index (χ0v) is 13.6. The third kappa shape index (κ3) is 3.09. The maximum atomic E-state index is 12.4. The van der Waals surface area contributed by atoms with E-state index < -0.39 is 0 Å². The van der Waals surface area contributed by atoms with Crippen LogP contribution in [0, 0.1) is 19.8 Å². The summed E-state index contributed by atoms with van der Waals surface area (Å²) in [5.41, 5.74) is 9.46. The van der Waals surface area contributed by atoms with Crippen molar-refractivity contribution in [2.45, 2.75) is 58.5 Å². The van der Waals surface area contributed by atoms with Gasteiger partial charge in [0.25, 0.3) is 5.56 Å². The number of aromatic nitrogens is 1. The number of rotatable bonds is 3. The van der Waals surface area contributed by atoms with E-state index >= 15 is 0 Å². The highest BCUT2D eigenvalue weighted by molar-refractivity contribution is 5.83. The van der Waals surface area contributed by atoms with Gasteiger partial charge in [-0.25, -0.2) is 0 Å². The van der Waals surface area contributed by atoms with Gasteiger partial charge in [0.1, 0.15) is 0 Å². The lowest BCUT2D eigenvalue weighted by Gasteiger charge is -2.26. The van der Waals surface area contributed by atoms with Gasteiger partial charge >= 0.3 is 0 Å². The second-order valence-electron chi connectivity index (χ2n) is 6.91. The number of pyridine rings is 1. The first-order valence-corrected chi connectivity index (χ1v) is 8.41. The van der Waals surface area contributed by atoms with Crippen LogP contribution in [0.3, 0.4) is 0 Å². The van der Waals surface area contributed by atoms with Crippen LogP contribution < -0.4 is 11.3 Å². The third-order valence-electron chi connectivity index (χ3n) is 5.13. The van der Waals surface area contributed by atoms with Gasteiger partial charge < -0.3 is 10.3 Å². The maximum Gasteiger partial charge on any atom is 0.251 e. The molecule has 2 N–H and O–H groups in total. The van der Waals surface area contributed by atoms with E-state index in [9.17, 15) is 4.79 Å². The Morgan fingerprint density at radius 3 is 2.59 bits per heavy atom. The molecule has 3 heteroatoms. The summed E-state index contributed by atoms with van der Waals surface area (Å²) in [6.07, 6.45) is 5.76. The summed E-state index contributed by atoms with van der Waals surface area (Å²) in [5, 5.41) is 1.19. The first kappa shape index (κ1) is 15.3. The predicted molar refractivity (Wildman–Crippen MR) is 92.2 cm³/mol. The van der Waals surface area contributed by atoms with Gasteiger partial charge in [0.2, 0.25) is 0 Å². The van der Waals surface area contributed by atoms with Gasteiger partial charge in [0.15, 0.2) is 0 Å². The molecule has 3 nitrogen and oxygen atoms in total. The topological polar surface area (TPSA) is 48.0 Å². The molecule has 0 atom stereocenters. The highest BCUT2D eigenvalue weighted by Crippen LogP contribution is 2.27. The van der Waals surface area contributed by atoms with Crippen LogP contribution in [-0.2, 0) is 6.54 Å². The van der Waals surface area contributed by atoms with Crippen molar-refractivity contribution in [1.82, 2.24) is 4.57 Å². The largest absolute Gasteiger partial charge is 0.328 e. The van der Waals surface area contributed by atoms with E-state index in [4.69, 9.17) is 5.73 Å². The molecule has 1 aromatic heterocycles. The van der Waals surface area contributed by atoms with E-state index in [1.54, 1.807) is 6.07 Å². The Bertz CT molecular complexity index is 724. The second-order valence-corrected chi connectivity index (χ2v) is 6.91. The molecule has 0 spiro atoms. The standard InChI is InChI=1S/C19H26N2O/c1-13-3-8-17-14(2)12-19(22)21(18(17)11-13)10-9-15-4-6-16(20)7-5-15/h3,8,11-12,15-16H,4-7,9-10,20H2,1-2H3.